The van der Waals surface area contributed by atoms with Crippen LogP contribution in [0.3, 0.4) is 0 Å². The Morgan fingerprint density at radius 2 is 1.97 bits per heavy atom. The number of β-amino-alcohol motifs (C(OH)–C–C–N with tert-alkyl or cyclic N) is 1. The van der Waals surface area contributed by atoms with Crippen LogP contribution in [0.1, 0.15) is 30.0 Å². The van der Waals surface area contributed by atoms with Gasteiger partial charge in [-0.2, -0.15) is 23.4 Å². The van der Waals surface area contributed by atoms with Crippen molar-refractivity contribution in [3.63, 3.8) is 0 Å². The molecule has 2 aliphatic heterocycles. The first-order chi connectivity index (χ1) is 15.9. The van der Waals surface area contributed by atoms with Crippen molar-refractivity contribution in [2.45, 2.75) is 37.9 Å². The van der Waals surface area contributed by atoms with E-state index in [1.807, 2.05) is 6.07 Å². The number of aromatic nitrogens is 5. The van der Waals surface area contributed by atoms with Gasteiger partial charge in [-0.1, -0.05) is 6.07 Å². The second kappa shape index (κ2) is 8.79. The number of halogens is 3. The predicted octanol–water partition coefficient (Wildman–Crippen LogP) is 2.80. The van der Waals surface area contributed by atoms with Gasteiger partial charge in [-0.05, 0) is 55.6 Å². The van der Waals surface area contributed by atoms with Crippen LogP contribution in [0.25, 0.3) is 17.2 Å². The quantitative estimate of drug-likeness (QED) is 0.628. The molecule has 0 radical (unpaired) electrons. The minimum atomic E-state index is -4.40. The Kier molecular flexibility index (Phi) is 5.83. The summed E-state index contributed by atoms with van der Waals surface area (Å²) >= 11 is 0. The van der Waals surface area contributed by atoms with Crippen molar-refractivity contribution < 1.29 is 23.0 Å². The Balaban J connectivity index is 1.46. The lowest BCUT2D eigenvalue weighted by Crippen LogP contribution is -2.34. The van der Waals surface area contributed by atoms with Crippen LogP contribution in [0.5, 0.6) is 5.75 Å². The van der Waals surface area contributed by atoms with Crippen LogP contribution < -0.4 is 4.74 Å². The highest BCUT2D eigenvalue weighted by atomic mass is 19.4. The van der Waals surface area contributed by atoms with Gasteiger partial charge in [0.25, 0.3) is 0 Å². The number of nitrogens with zero attached hydrogens (tertiary/aromatic N) is 6. The lowest BCUT2D eigenvalue weighted by Gasteiger charge is -2.31. The van der Waals surface area contributed by atoms with Gasteiger partial charge in [-0.15, -0.1) is 0 Å². The number of piperidine rings is 1. The third-order valence-electron chi connectivity index (χ3n) is 6.26. The Bertz CT molecular complexity index is 1120. The number of aliphatic hydroxyl groups is 1. The summed E-state index contributed by atoms with van der Waals surface area (Å²) in [4.78, 5) is 6.29. The van der Waals surface area contributed by atoms with Crippen molar-refractivity contribution >= 4 is 0 Å². The van der Waals surface area contributed by atoms with E-state index in [1.165, 1.54) is 5.56 Å². The van der Waals surface area contributed by atoms with Gasteiger partial charge in [0.1, 0.15) is 30.0 Å². The normalized spacial score (nSPS) is 17.3. The zero-order chi connectivity index (χ0) is 23.0. The van der Waals surface area contributed by atoms with E-state index in [4.69, 9.17) is 9.84 Å². The molecule has 0 bridgehead atoms. The highest BCUT2D eigenvalue weighted by Gasteiger charge is 2.31. The number of likely N-dealkylation sites (tertiary alicyclic amines) is 1. The van der Waals surface area contributed by atoms with Crippen LogP contribution in [0.4, 0.5) is 13.2 Å². The molecule has 0 atom stereocenters. The number of rotatable bonds is 5. The summed E-state index contributed by atoms with van der Waals surface area (Å²) in [5, 5.41) is 17.5. The molecule has 2 aliphatic rings. The molecule has 176 valence electrons. The molecule has 1 aromatic carbocycles. The van der Waals surface area contributed by atoms with Gasteiger partial charge in [0.2, 0.25) is 0 Å². The lowest BCUT2D eigenvalue weighted by atomic mass is 9.89. The van der Waals surface area contributed by atoms with Crippen LogP contribution in [-0.2, 0) is 13.0 Å². The van der Waals surface area contributed by atoms with Gasteiger partial charge in [0, 0.05) is 18.7 Å². The van der Waals surface area contributed by atoms with E-state index in [0.29, 0.717) is 36.9 Å². The summed E-state index contributed by atoms with van der Waals surface area (Å²) < 4.78 is 47.3. The molecule has 0 amide bonds. The zero-order valence-electron chi connectivity index (χ0n) is 18.0. The molecule has 0 saturated carbocycles. The first kappa shape index (κ1) is 21.9. The van der Waals surface area contributed by atoms with E-state index in [-0.39, 0.29) is 12.4 Å². The van der Waals surface area contributed by atoms with Crippen LogP contribution in [-0.4, -0.2) is 73.6 Å². The number of aliphatic hydroxyl groups excluding tert-OH is 1. The van der Waals surface area contributed by atoms with Crippen LogP contribution in [0.15, 0.2) is 30.6 Å². The summed E-state index contributed by atoms with van der Waals surface area (Å²) in [6.07, 6.45) is -0.718. The molecule has 8 nitrogen and oxygen atoms in total. The monoisotopic (exact) mass is 462 g/mol. The molecule has 2 aromatic heterocycles. The number of benzene rings is 1. The smallest absolute Gasteiger partial charge is 0.408 e. The van der Waals surface area contributed by atoms with Crippen LogP contribution in [0.2, 0.25) is 0 Å². The molecule has 33 heavy (non-hydrogen) atoms. The molecular weight excluding hydrogens is 437 g/mol. The van der Waals surface area contributed by atoms with Crippen LogP contribution in [0, 0.1) is 0 Å². The molecule has 5 rings (SSSR count). The average molecular weight is 462 g/mol. The van der Waals surface area contributed by atoms with Gasteiger partial charge in [-0.3, -0.25) is 0 Å². The van der Waals surface area contributed by atoms with E-state index in [2.05, 4.69) is 32.2 Å². The fourth-order valence-electron chi connectivity index (χ4n) is 4.64. The number of ether oxygens (including phenoxy) is 1. The lowest BCUT2D eigenvalue weighted by molar-refractivity contribution is -0.142. The summed E-state index contributed by atoms with van der Waals surface area (Å²) in [5.41, 5.74) is 3.17. The highest BCUT2D eigenvalue weighted by molar-refractivity contribution is 5.56. The molecule has 0 unspecified atom stereocenters. The molecule has 11 heteroatoms. The first-order valence-electron chi connectivity index (χ1n) is 11.1. The maximum Gasteiger partial charge on any atom is 0.408 e. The second-order valence-corrected chi connectivity index (χ2v) is 8.45. The van der Waals surface area contributed by atoms with E-state index >= 15 is 0 Å². The predicted molar refractivity (Wildman–Crippen MR) is 113 cm³/mol. The Hall–Kier alpha value is -2.92. The maximum absolute atomic E-state index is 12.9. The minimum Gasteiger partial charge on any atom is -0.491 e. The van der Waals surface area contributed by atoms with Crippen LogP contribution >= 0.6 is 0 Å². The second-order valence-electron chi connectivity index (χ2n) is 8.45. The van der Waals surface area contributed by atoms with Crippen molar-refractivity contribution in [2.75, 3.05) is 32.8 Å². The standard InChI is InChI=1S/C22H25F3N6O2/c23-22(24,25)13-30-21(26-14-27-30)18-12-17-5-10-33-20-2-1-16(11-19(20)31(17)28-18)15-3-6-29(7-4-15)8-9-32/h1-2,11-12,14-15,32H,3-10,13H2. The number of alkyl halides is 3. The van der Waals surface area contributed by atoms with E-state index in [9.17, 15) is 13.2 Å². The summed E-state index contributed by atoms with van der Waals surface area (Å²) in [5.74, 6) is 1.17. The van der Waals surface area contributed by atoms with E-state index in [0.717, 1.165) is 48.3 Å². The molecule has 4 heterocycles. The zero-order valence-corrected chi connectivity index (χ0v) is 18.0. The van der Waals surface area contributed by atoms with Gasteiger partial charge < -0.3 is 14.7 Å². The van der Waals surface area contributed by atoms with Gasteiger partial charge in [0.15, 0.2) is 5.82 Å². The number of hydrogen-bond donors (Lipinski definition) is 1. The topological polar surface area (TPSA) is 81.2 Å². The third-order valence-corrected chi connectivity index (χ3v) is 6.26. The van der Waals surface area contributed by atoms with Crippen molar-refractivity contribution in [1.82, 2.24) is 29.4 Å². The van der Waals surface area contributed by atoms with Crippen molar-refractivity contribution in [3.05, 3.63) is 41.9 Å². The molecular formula is C22H25F3N6O2. The highest BCUT2D eigenvalue weighted by Crippen LogP contribution is 2.35. The fraction of sp³-hybridized carbons (Fsp3) is 0.500. The van der Waals surface area contributed by atoms with Crippen molar-refractivity contribution in [2.24, 2.45) is 0 Å². The van der Waals surface area contributed by atoms with Gasteiger partial charge in [0.05, 0.1) is 13.2 Å². The summed E-state index contributed by atoms with van der Waals surface area (Å²) in [6, 6.07) is 7.87. The van der Waals surface area contributed by atoms with Crippen molar-refractivity contribution in [1.29, 1.82) is 0 Å². The minimum absolute atomic E-state index is 0.0859. The third kappa shape index (κ3) is 4.60. The number of hydrogen-bond acceptors (Lipinski definition) is 6. The fourth-order valence-corrected chi connectivity index (χ4v) is 4.64. The van der Waals surface area contributed by atoms with Gasteiger partial charge in [-0.25, -0.2) is 14.3 Å². The van der Waals surface area contributed by atoms with Gasteiger partial charge >= 0.3 is 6.18 Å². The average Bonchev–Trinajstić information content (AvgIpc) is 3.36. The number of fused-ring (bicyclic) bond motifs is 3. The maximum atomic E-state index is 12.9. The van der Waals surface area contributed by atoms with Crippen molar-refractivity contribution in [3.8, 4) is 23.0 Å². The Labute approximate surface area is 188 Å². The molecule has 0 spiro atoms. The van der Waals surface area contributed by atoms with E-state index < -0.39 is 12.7 Å². The molecule has 1 N–H and O–H groups in total. The first-order valence-corrected chi connectivity index (χ1v) is 11.1. The molecule has 0 aliphatic carbocycles. The summed E-state index contributed by atoms with van der Waals surface area (Å²) in [7, 11) is 0. The largest absolute Gasteiger partial charge is 0.491 e. The Morgan fingerprint density at radius 1 is 1.15 bits per heavy atom. The molecule has 1 fully saturated rings. The molecule has 1 saturated heterocycles. The van der Waals surface area contributed by atoms with E-state index in [1.54, 1.807) is 10.7 Å². The SMILES string of the molecule is OCCN1CCC(c2ccc3c(c2)-n2nc(-c4ncnn4CC(F)(F)F)cc2CCO3)CC1. The Morgan fingerprint density at radius 3 is 2.73 bits per heavy atom. The molecule has 3 aromatic rings. The summed E-state index contributed by atoms with van der Waals surface area (Å²) in [6.45, 7) is 1.97.